The number of aryl methyl sites for hydroxylation is 1. The van der Waals surface area contributed by atoms with E-state index >= 15 is 0 Å². The molecule has 0 aromatic heterocycles. The molecule has 1 aliphatic heterocycles. The molecule has 3 unspecified atom stereocenters. The normalized spacial score (nSPS) is 27.9. The SMILES string of the molecule is CCOC(=O)CC1CCC2(C1)OCC(COS(=O)(=O)c1ccc(C)cc1)O2. The van der Waals surface area contributed by atoms with Gasteiger partial charge in [-0.15, -0.1) is 0 Å². The Labute approximate surface area is 160 Å². The second kappa shape index (κ2) is 8.26. The lowest BCUT2D eigenvalue weighted by atomic mass is 10.0. The first-order chi connectivity index (χ1) is 12.8. The fraction of sp³-hybridized carbons (Fsp3) is 0.632. The van der Waals surface area contributed by atoms with Crippen LogP contribution >= 0.6 is 0 Å². The molecular weight excluding hydrogens is 372 g/mol. The number of hydrogen-bond donors (Lipinski definition) is 0. The van der Waals surface area contributed by atoms with Gasteiger partial charge in [-0.2, -0.15) is 8.42 Å². The fourth-order valence-electron chi connectivity index (χ4n) is 3.57. The smallest absolute Gasteiger partial charge is 0.306 e. The van der Waals surface area contributed by atoms with E-state index in [1.807, 2.05) is 6.92 Å². The molecule has 2 fully saturated rings. The molecular formula is C19H26O7S. The van der Waals surface area contributed by atoms with Crippen molar-refractivity contribution in [1.82, 2.24) is 0 Å². The van der Waals surface area contributed by atoms with E-state index in [0.29, 0.717) is 25.9 Å². The van der Waals surface area contributed by atoms with Gasteiger partial charge in [0.25, 0.3) is 10.1 Å². The van der Waals surface area contributed by atoms with Gasteiger partial charge in [-0.25, -0.2) is 0 Å². The highest BCUT2D eigenvalue weighted by molar-refractivity contribution is 7.86. The lowest BCUT2D eigenvalue weighted by Gasteiger charge is -2.22. The summed E-state index contributed by atoms with van der Waals surface area (Å²) in [5, 5.41) is 0. The van der Waals surface area contributed by atoms with Crippen LogP contribution in [-0.4, -0.2) is 46.1 Å². The Morgan fingerprint density at radius 2 is 2.04 bits per heavy atom. The minimum absolute atomic E-state index is 0.0967. The monoisotopic (exact) mass is 398 g/mol. The van der Waals surface area contributed by atoms with Crippen molar-refractivity contribution in [2.75, 3.05) is 19.8 Å². The van der Waals surface area contributed by atoms with Gasteiger partial charge in [0.2, 0.25) is 0 Å². The number of carbonyl (C=O) groups is 1. The molecule has 0 radical (unpaired) electrons. The van der Waals surface area contributed by atoms with Crippen molar-refractivity contribution in [1.29, 1.82) is 0 Å². The topological polar surface area (TPSA) is 88.1 Å². The summed E-state index contributed by atoms with van der Waals surface area (Å²) >= 11 is 0. The number of esters is 1. The molecule has 3 rings (SSSR count). The summed E-state index contributed by atoms with van der Waals surface area (Å²) in [5.74, 6) is -0.791. The zero-order valence-corrected chi connectivity index (χ0v) is 16.5. The molecule has 7 nitrogen and oxygen atoms in total. The second-order valence-electron chi connectivity index (χ2n) is 7.13. The highest BCUT2D eigenvalue weighted by Gasteiger charge is 2.48. The second-order valence-corrected chi connectivity index (χ2v) is 8.75. The van der Waals surface area contributed by atoms with Gasteiger partial charge >= 0.3 is 5.97 Å². The molecule has 0 N–H and O–H groups in total. The molecule has 0 amide bonds. The van der Waals surface area contributed by atoms with Crippen molar-refractivity contribution in [3.63, 3.8) is 0 Å². The standard InChI is InChI=1S/C19H26O7S/c1-3-23-18(20)10-15-8-9-19(11-15)24-12-16(26-19)13-25-27(21,22)17-6-4-14(2)5-7-17/h4-7,15-16H,3,8-13H2,1-2H3. The van der Waals surface area contributed by atoms with Gasteiger partial charge in [0.15, 0.2) is 5.79 Å². The maximum atomic E-state index is 12.3. The Kier molecular flexibility index (Phi) is 6.20. The van der Waals surface area contributed by atoms with Gasteiger partial charge in [0.05, 0.1) is 24.7 Å². The third-order valence-electron chi connectivity index (χ3n) is 4.93. The average molecular weight is 398 g/mol. The maximum Gasteiger partial charge on any atom is 0.306 e. The molecule has 1 saturated heterocycles. The van der Waals surface area contributed by atoms with Crippen molar-refractivity contribution >= 4 is 16.1 Å². The van der Waals surface area contributed by atoms with Crippen molar-refractivity contribution < 1.29 is 31.6 Å². The molecule has 8 heteroatoms. The minimum Gasteiger partial charge on any atom is -0.466 e. The average Bonchev–Trinajstić information content (AvgIpc) is 3.20. The summed E-state index contributed by atoms with van der Waals surface area (Å²) in [6.45, 7) is 4.22. The molecule has 1 aromatic carbocycles. The van der Waals surface area contributed by atoms with Crippen molar-refractivity contribution in [3.8, 4) is 0 Å². The van der Waals surface area contributed by atoms with Crippen LogP contribution in [0.15, 0.2) is 29.2 Å². The molecule has 1 aromatic rings. The molecule has 1 heterocycles. The first-order valence-corrected chi connectivity index (χ1v) is 10.7. The van der Waals surface area contributed by atoms with E-state index in [9.17, 15) is 13.2 Å². The summed E-state index contributed by atoms with van der Waals surface area (Å²) in [6.07, 6.45) is 2.00. The van der Waals surface area contributed by atoms with E-state index in [4.69, 9.17) is 18.4 Å². The van der Waals surface area contributed by atoms with Gasteiger partial charge in [0, 0.05) is 19.3 Å². The summed E-state index contributed by atoms with van der Waals surface area (Å²) < 4.78 is 46.5. The van der Waals surface area contributed by atoms with Gasteiger partial charge in [0.1, 0.15) is 6.10 Å². The van der Waals surface area contributed by atoms with Gasteiger partial charge in [-0.1, -0.05) is 17.7 Å². The lowest BCUT2D eigenvalue weighted by molar-refractivity contribution is -0.167. The van der Waals surface area contributed by atoms with E-state index in [1.54, 1.807) is 19.1 Å². The van der Waals surface area contributed by atoms with E-state index in [1.165, 1.54) is 12.1 Å². The van der Waals surface area contributed by atoms with Crippen molar-refractivity contribution in [3.05, 3.63) is 29.8 Å². The number of hydrogen-bond acceptors (Lipinski definition) is 7. The number of rotatable bonds is 7. The predicted molar refractivity (Wildman–Crippen MR) is 96.5 cm³/mol. The Balaban J connectivity index is 1.50. The quantitative estimate of drug-likeness (QED) is 0.515. The highest BCUT2D eigenvalue weighted by Crippen LogP contribution is 2.43. The lowest BCUT2D eigenvalue weighted by Crippen LogP contribution is -2.29. The van der Waals surface area contributed by atoms with Gasteiger partial charge in [-0.3, -0.25) is 8.98 Å². The van der Waals surface area contributed by atoms with Crippen LogP contribution in [0, 0.1) is 12.8 Å². The summed E-state index contributed by atoms with van der Waals surface area (Å²) in [4.78, 5) is 11.8. The van der Waals surface area contributed by atoms with Crippen molar-refractivity contribution in [2.45, 2.75) is 56.3 Å². The summed E-state index contributed by atoms with van der Waals surface area (Å²) in [7, 11) is -3.83. The largest absolute Gasteiger partial charge is 0.466 e. The minimum atomic E-state index is -3.83. The van der Waals surface area contributed by atoms with Crippen LogP contribution in [0.1, 0.15) is 38.2 Å². The summed E-state index contributed by atoms with van der Waals surface area (Å²) in [6, 6.07) is 6.50. The van der Waals surface area contributed by atoms with Crippen LogP contribution in [0.4, 0.5) is 0 Å². The zero-order chi connectivity index (χ0) is 19.5. The van der Waals surface area contributed by atoms with E-state index in [-0.39, 0.29) is 30.0 Å². The fourth-order valence-corrected chi connectivity index (χ4v) is 4.51. The third kappa shape index (κ3) is 5.07. The van der Waals surface area contributed by atoms with E-state index in [2.05, 4.69) is 0 Å². The first-order valence-electron chi connectivity index (χ1n) is 9.25. The maximum absolute atomic E-state index is 12.3. The molecule has 2 aliphatic rings. The first kappa shape index (κ1) is 20.3. The Morgan fingerprint density at radius 3 is 2.74 bits per heavy atom. The zero-order valence-electron chi connectivity index (χ0n) is 15.7. The van der Waals surface area contributed by atoms with E-state index in [0.717, 1.165) is 12.0 Å². The Bertz CT molecular complexity index is 759. The number of carbonyl (C=O) groups excluding carboxylic acids is 1. The highest BCUT2D eigenvalue weighted by atomic mass is 32.2. The molecule has 0 bridgehead atoms. The van der Waals surface area contributed by atoms with Gasteiger partial charge < -0.3 is 14.2 Å². The van der Waals surface area contributed by atoms with Crippen LogP contribution in [0.2, 0.25) is 0 Å². The Hall–Kier alpha value is -1.48. The number of benzene rings is 1. The molecule has 3 atom stereocenters. The van der Waals surface area contributed by atoms with Gasteiger partial charge in [-0.05, 0) is 38.3 Å². The molecule has 150 valence electrons. The summed E-state index contributed by atoms with van der Waals surface area (Å²) in [5.41, 5.74) is 0.974. The van der Waals surface area contributed by atoms with E-state index < -0.39 is 22.0 Å². The molecule has 1 aliphatic carbocycles. The van der Waals surface area contributed by atoms with Crippen LogP contribution in [0.5, 0.6) is 0 Å². The van der Waals surface area contributed by atoms with Crippen molar-refractivity contribution in [2.24, 2.45) is 5.92 Å². The predicted octanol–water partition coefficient (Wildman–Crippen LogP) is 2.57. The Morgan fingerprint density at radius 1 is 1.30 bits per heavy atom. The number of ether oxygens (including phenoxy) is 3. The molecule has 1 spiro atoms. The van der Waals surface area contributed by atoms with Crippen LogP contribution < -0.4 is 0 Å². The van der Waals surface area contributed by atoms with Crippen LogP contribution in [0.3, 0.4) is 0 Å². The molecule has 27 heavy (non-hydrogen) atoms. The third-order valence-corrected chi connectivity index (χ3v) is 6.22. The van der Waals surface area contributed by atoms with Crippen LogP contribution in [-0.2, 0) is 33.3 Å². The molecule has 1 saturated carbocycles. The van der Waals surface area contributed by atoms with Crippen LogP contribution in [0.25, 0.3) is 0 Å².